The zero-order chi connectivity index (χ0) is 19.5. The van der Waals surface area contributed by atoms with Crippen LogP contribution in [0.5, 0.6) is 0 Å². The van der Waals surface area contributed by atoms with Gasteiger partial charge in [-0.15, -0.1) is 0 Å². The molecule has 0 saturated carbocycles. The Bertz CT molecular complexity index is 1010. The minimum absolute atomic E-state index is 0.651. The van der Waals surface area contributed by atoms with Crippen molar-refractivity contribution in [2.45, 2.75) is 6.92 Å². The molecule has 28 heavy (non-hydrogen) atoms. The summed E-state index contributed by atoms with van der Waals surface area (Å²) in [6, 6.07) is 14.1. The zero-order valence-electron chi connectivity index (χ0n) is 16.1. The van der Waals surface area contributed by atoms with Crippen molar-refractivity contribution in [1.29, 1.82) is 0 Å². The van der Waals surface area contributed by atoms with E-state index < -0.39 is 0 Å². The molecule has 4 rings (SSSR count). The highest BCUT2D eigenvalue weighted by atomic mass is 35.5. The SMILES string of the molecule is C/C(=N\Nc1ncnc2cc(Cl)ccc12)c1cccc(N2CCN(C)CC2)c1. The lowest BCUT2D eigenvalue weighted by molar-refractivity contribution is 0.313. The summed E-state index contributed by atoms with van der Waals surface area (Å²) < 4.78 is 0. The molecule has 1 aromatic heterocycles. The van der Waals surface area contributed by atoms with Gasteiger partial charge < -0.3 is 9.80 Å². The molecule has 0 radical (unpaired) electrons. The van der Waals surface area contributed by atoms with E-state index in [4.69, 9.17) is 11.6 Å². The Morgan fingerprint density at radius 1 is 1.07 bits per heavy atom. The van der Waals surface area contributed by atoms with Crippen molar-refractivity contribution < 1.29 is 0 Å². The smallest absolute Gasteiger partial charge is 0.157 e. The Hall–Kier alpha value is -2.70. The highest BCUT2D eigenvalue weighted by Crippen LogP contribution is 2.23. The van der Waals surface area contributed by atoms with Crippen LogP contribution in [0, 0.1) is 0 Å². The van der Waals surface area contributed by atoms with Gasteiger partial charge in [-0.05, 0) is 49.9 Å². The maximum atomic E-state index is 6.05. The standard InChI is InChI=1S/C21H23ClN6/c1-15(16-4-3-5-18(12-16)28-10-8-27(2)9-11-28)25-26-21-19-7-6-17(22)13-20(19)23-14-24-21/h3-7,12-14H,8-11H2,1-2H3,(H,23,24,26)/b25-15+. The molecule has 2 heterocycles. The fourth-order valence-corrected chi connectivity index (χ4v) is 3.48. The highest BCUT2D eigenvalue weighted by Gasteiger charge is 2.14. The van der Waals surface area contributed by atoms with Crippen LogP contribution in [0.15, 0.2) is 53.9 Å². The molecule has 144 valence electrons. The summed E-state index contributed by atoms with van der Waals surface area (Å²) in [4.78, 5) is 13.4. The Morgan fingerprint density at radius 3 is 2.71 bits per heavy atom. The first kappa shape index (κ1) is 18.7. The van der Waals surface area contributed by atoms with E-state index in [-0.39, 0.29) is 0 Å². The third-order valence-corrected chi connectivity index (χ3v) is 5.30. The van der Waals surface area contributed by atoms with Crippen LogP contribution in [0.4, 0.5) is 11.5 Å². The van der Waals surface area contributed by atoms with E-state index >= 15 is 0 Å². The van der Waals surface area contributed by atoms with E-state index in [0.717, 1.165) is 48.4 Å². The van der Waals surface area contributed by atoms with E-state index in [1.165, 1.54) is 12.0 Å². The number of nitrogens with one attached hydrogen (secondary N) is 1. The molecule has 7 heteroatoms. The summed E-state index contributed by atoms with van der Waals surface area (Å²) in [6.45, 7) is 6.26. The maximum absolute atomic E-state index is 6.05. The van der Waals surface area contributed by atoms with Crippen LogP contribution >= 0.6 is 11.6 Å². The summed E-state index contributed by atoms with van der Waals surface area (Å²) in [5.41, 5.74) is 7.10. The van der Waals surface area contributed by atoms with E-state index in [2.05, 4.69) is 61.6 Å². The Morgan fingerprint density at radius 2 is 1.89 bits per heavy atom. The number of nitrogens with zero attached hydrogens (tertiary/aromatic N) is 5. The molecule has 0 bridgehead atoms. The molecule has 2 aromatic carbocycles. The Kier molecular flexibility index (Phi) is 5.41. The molecule has 0 atom stereocenters. The molecule has 0 unspecified atom stereocenters. The quantitative estimate of drug-likeness (QED) is 0.537. The lowest BCUT2D eigenvalue weighted by Crippen LogP contribution is -2.44. The molecular formula is C21H23ClN6. The second kappa shape index (κ2) is 8.12. The first-order chi connectivity index (χ1) is 13.6. The van der Waals surface area contributed by atoms with Gasteiger partial charge in [0.15, 0.2) is 5.82 Å². The Labute approximate surface area is 169 Å². The van der Waals surface area contributed by atoms with Gasteiger partial charge in [0.25, 0.3) is 0 Å². The number of hydrogen-bond acceptors (Lipinski definition) is 6. The lowest BCUT2D eigenvalue weighted by Gasteiger charge is -2.34. The average molecular weight is 395 g/mol. The number of piperazine rings is 1. The molecule has 6 nitrogen and oxygen atoms in total. The third-order valence-electron chi connectivity index (χ3n) is 5.06. The summed E-state index contributed by atoms with van der Waals surface area (Å²) in [6.07, 6.45) is 1.51. The average Bonchev–Trinajstić information content (AvgIpc) is 2.72. The van der Waals surface area contributed by atoms with Crippen LogP contribution in [0.2, 0.25) is 5.02 Å². The topological polar surface area (TPSA) is 56.7 Å². The molecule has 1 N–H and O–H groups in total. The number of halogens is 1. The zero-order valence-corrected chi connectivity index (χ0v) is 16.8. The van der Waals surface area contributed by atoms with E-state index in [1.807, 2.05) is 25.1 Å². The van der Waals surface area contributed by atoms with Crippen molar-refractivity contribution in [2.75, 3.05) is 43.6 Å². The number of anilines is 2. The molecule has 1 saturated heterocycles. The molecule has 0 aliphatic carbocycles. The van der Waals surface area contributed by atoms with Crippen molar-refractivity contribution in [3.8, 4) is 0 Å². The summed E-state index contributed by atoms with van der Waals surface area (Å²) in [7, 11) is 2.17. The second-order valence-electron chi connectivity index (χ2n) is 7.03. The number of aromatic nitrogens is 2. The normalized spacial score (nSPS) is 15.8. The molecule has 0 spiro atoms. The first-order valence-electron chi connectivity index (χ1n) is 9.34. The van der Waals surface area contributed by atoms with Crippen LogP contribution in [-0.4, -0.2) is 53.8 Å². The molecule has 1 aliphatic rings. The van der Waals surface area contributed by atoms with Crippen molar-refractivity contribution in [3.63, 3.8) is 0 Å². The summed E-state index contributed by atoms with van der Waals surface area (Å²) in [5, 5.41) is 6.09. The van der Waals surface area contributed by atoms with Gasteiger partial charge in [0, 0.05) is 42.3 Å². The van der Waals surface area contributed by atoms with Gasteiger partial charge in [0.1, 0.15) is 6.33 Å². The van der Waals surface area contributed by atoms with Gasteiger partial charge in [0.05, 0.1) is 11.2 Å². The van der Waals surface area contributed by atoms with Crippen molar-refractivity contribution >= 4 is 39.7 Å². The minimum atomic E-state index is 0.651. The van der Waals surface area contributed by atoms with Crippen LogP contribution < -0.4 is 10.3 Å². The van der Waals surface area contributed by atoms with Crippen LogP contribution in [-0.2, 0) is 0 Å². The van der Waals surface area contributed by atoms with Crippen LogP contribution in [0.3, 0.4) is 0 Å². The summed E-state index contributed by atoms with van der Waals surface area (Å²) >= 11 is 6.05. The van der Waals surface area contributed by atoms with Gasteiger partial charge in [-0.1, -0.05) is 23.7 Å². The fourth-order valence-electron chi connectivity index (χ4n) is 3.31. The number of fused-ring (bicyclic) bond motifs is 1. The molecular weight excluding hydrogens is 372 g/mol. The van der Waals surface area contributed by atoms with Gasteiger partial charge in [-0.25, -0.2) is 9.97 Å². The van der Waals surface area contributed by atoms with Crippen molar-refractivity contribution in [3.05, 3.63) is 59.4 Å². The maximum Gasteiger partial charge on any atom is 0.157 e. The number of benzene rings is 2. The molecule has 3 aromatic rings. The predicted octanol–water partition coefficient (Wildman–Crippen LogP) is 3.87. The monoisotopic (exact) mass is 394 g/mol. The second-order valence-corrected chi connectivity index (χ2v) is 7.47. The van der Waals surface area contributed by atoms with Gasteiger partial charge in [0.2, 0.25) is 0 Å². The van der Waals surface area contributed by atoms with Gasteiger partial charge in [-0.3, -0.25) is 5.43 Å². The largest absolute Gasteiger partial charge is 0.369 e. The lowest BCUT2D eigenvalue weighted by atomic mass is 10.1. The number of hydrazone groups is 1. The molecule has 1 fully saturated rings. The fraction of sp³-hybridized carbons (Fsp3) is 0.286. The van der Waals surface area contributed by atoms with Crippen LogP contribution in [0.25, 0.3) is 10.9 Å². The number of rotatable bonds is 4. The number of hydrogen-bond donors (Lipinski definition) is 1. The van der Waals surface area contributed by atoms with Gasteiger partial charge in [-0.2, -0.15) is 5.10 Å². The first-order valence-corrected chi connectivity index (χ1v) is 9.72. The summed E-state index contributed by atoms with van der Waals surface area (Å²) in [5.74, 6) is 0.663. The molecule has 1 aliphatic heterocycles. The highest BCUT2D eigenvalue weighted by molar-refractivity contribution is 6.31. The van der Waals surface area contributed by atoms with Crippen molar-refractivity contribution in [1.82, 2.24) is 14.9 Å². The molecule has 0 amide bonds. The van der Waals surface area contributed by atoms with E-state index in [9.17, 15) is 0 Å². The van der Waals surface area contributed by atoms with E-state index in [1.54, 1.807) is 0 Å². The number of likely N-dealkylation sites (N-methyl/N-ethyl adjacent to an activating group) is 1. The Balaban J connectivity index is 1.54. The van der Waals surface area contributed by atoms with Gasteiger partial charge >= 0.3 is 0 Å². The minimum Gasteiger partial charge on any atom is -0.369 e. The third kappa shape index (κ3) is 4.08. The van der Waals surface area contributed by atoms with Crippen molar-refractivity contribution in [2.24, 2.45) is 5.10 Å². The van der Waals surface area contributed by atoms with E-state index in [0.29, 0.717) is 10.8 Å². The predicted molar refractivity (Wildman–Crippen MR) is 117 cm³/mol. The van der Waals surface area contributed by atoms with Crippen LogP contribution in [0.1, 0.15) is 12.5 Å².